The second-order valence-electron chi connectivity index (χ2n) is 6.80. The Bertz CT molecular complexity index is 1110. The number of nitrogens with zero attached hydrogens (tertiary/aromatic N) is 1. The molecule has 0 aromatic heterocycles. The predicted octanol–water partition coefficient (Wildman–Crippen LogP) is 5.47. The highest BCUT2D eigenvalue weighted by atomic mass is 79.9. The molecular formula is C25H26BrN3O5. The van der Waals surface area contributed by atoms with Crippen LogP contribution in [0.15, 0.2) is 76.3 Å². The average molecular weight is 528 g/mol. The van der Waals surface area contributed by atoms with Crippen molar-refractivity contribution in [3.05, 3.63) is 76.8 Å². The summed E-state index contributed by atoms with van der Waals surface area (Å²) in [6.45, 7) is 2.96. The highest BCUT2D eigenvalue weighted by Gasteiger charge is 2.12. The largest absolute Gasteiger partial charge is 0.493 e. The zero-order chi connectivity index (χ0) is 24.2. The molecule has 9 heteroatoms. The van der Waals surface area contributed by atoms with Gasteiger partial charge < -0.3 is 24.3 Å². The molecule has 0 unspecified atom stereocenters. The number of hydrazone groups is 1. The van der Waals surface area contributed by atoms with Crippen LogP contribution in [-0.2, 0) is 0 Å². The van der Waals surface area contributed by atoms with Crippen LogP contribution in [0.3, 0.4) is 0 Å². The first-order valence-corrected chi connectivity index (χ1v) is 11.4. The van der Waals surface area contributed by atoms with Crippen LogP contribution in [0.5, 0.6) is 23.0 Å². The molecule has 0 spiro atoms. The van der Waals surface area contributed by atoms with Gasteiger partial charge in [0.15, 0.2) is 23.0 Å². The van der Waals surface area contributed by atoms with E-state index < -0.39 is 6.03 Å². The number of rotatable bonds is 11. The zero-order valence-corrected chi connectivity index (χ0v) is 20.5. The fourth-order valence-electron chi connectivity index (χ4n) is 2.94. The van der Waals surface area contributed by atoms with Crippen molar-refractivity contribution in [2.45, 2.75) is 6.92 Å². The van der Waals surface area contributed by atoms with Gasteiger partial charge in [0, 0.05) is 5.69 Å². The molecule has 178 valence electrons. The van der Waals surface area contributed by atoms with Crippen molar-refractivity contribution < 1.29 is 23.7 Å². The minimum Gasteiger partial charge on any atom is -0.493 e. The lowest BCUT2D eigenvalue weighted by atomic mass is 10.2. The second kappa shape index (κ2) is 13.1. The fraction of sp³-hybridized carbons (Fsp3) is 0.200. The number of halogens is 1. The summed E-state index contributed by atoms with van der Waals surface area (Å²) in [5.74, 6) is 2.41. The van der Waals surface area contributed by atoms with Crippen LogP contribution in [0.25, 0.3) is 0 Å². The Morgan fingerprint density at radius 1 is 0.941 bits per heavy atom. The third-order valence-electron chi connectivity index (χ3n) is 4.40. The number of carbonyl (C=O) groups excluding carboxylic acids is 1. The van der Waals surface area contributed by atoms with E-state index in [1.54, 1.807) is 25.3 Å². The van der Waals surface area contributed by atoms with E-state index in [0.29, 0.717) is 58.5 Å². The van der Waals surface area contributed by atoms with Crippen LogP contribution in [0.1, 0.15) is 12.5 Å². The van der Waals surface area contributed by atoms with E-state index in [1.807, 2.05) is 55.5 Å². The van der Waals surface area contributed by atoms with Crippen molar-refractivity contribution in [2.24, 2.45) is 5.10 Å². The molecule has 3 rings (SSSR count). The van der Waals surface area contributed by atoms with Gasteiger partial charge in [-0.3, -0.25) is 0 Å². The van der Waals surface area contributed by atoms with E-state index in [2.05, 4.69) is 31.8 Å². The molecule has 0 aliphatic carbocycles. The van der Waals surface area contributed by atoms with Crippen LogP contribution in [0.4, 0.5) is 10.5 Å². The lowest BCUT2D eigenvalue weighted by Crippen LogP contribution is -2.24. The van der Waals surface area contributed by atoms with Crippen LogP contribution in [-0.4, -0.2) is 39.2 Å². The molecule has 2 N–H and O–H groups in total. The SMILES string of the molecule is CCOc1cc(/C=N\NC(=O)Nc2ccccc2)cc(Br)c1OCCOc1ccccc1OC. The molecule has 0 aliphatic heterocycles. The van der Waals surface area contributed by atoms with Gasteiger partial charge in [0.1, 0.15) is 13.2 Å². The van der Waals surface area contributed by atoms with E-state index in [0.717, 1.165) is 0 Å². The van der Waals surface area contributed by atoms with Crippen molar-refractivity contribution in [2.75, 3.05) is 32.2 Å². The lowest BCUT2D eigenvalue weighted by Gasteiger charge is -2.15. The van der Waals surface area contributed by atoms with Gasteiger partial charge in [0.25, 0.3) is 0 Å². The Labute approximate surface area is 207 Å². The molecule has 0 fully saturated rings. The molecule has 0 heterocycles. The van der Waals surface area contributed by atoms with Gasteiger partial charge in [-0.2, -0.15) is 5.10 Å². The first-order valence-electron chi connectivity index (χ1n) is 10.6. The fourth-order valence-corrected chi connectivity index (χ4v) is 3.52. The van der Waals surface area contributed by atoms with Gasteiger partial charge in [-0.25, -0.2) is 10.2 Å². The predicted molar refractivity (Wildman–Crippen MR) is 135 cm³/mol. The molecule has 0 saturated heterocycles. The maximum Gasteiger partial charge on any atom is 0.339 e. The number of hydrogen-bond acceptors (Lipinski definition) is 6. The molecule has 3 aromatic rings. The van der Waals surface area contributed by atoms with E-state index in [9.17, 15) is 4.79 Å². The number of para-hydroxylation sites is 3. The topological polar surface area (TPSA) is 90.4 Å². The third-order valence-corrected chi connectivity index (χ3v) is 4.99. The Hall–Kier alpha value is -3.72. The minimum absolute atomic E-state index is 0.297. The maximum atomic E-state index is 12.0. The first-order chi connectivity index (χ1) is 16.6. The van der Waals surface area contributed by atoms with Crippen LogP contribution in [0.2, 0.25) is 0 Å². The zero-order valence-electron chi connectivity index (χ0n) is 18.9. The first kappa shape index (κ1) is 24.9. The van der Waals surface area contributed by atoms with E-state index in [-0.39, 0.29) is 0 Å². The summed E-state index contributed by atoms with van der Waals surface area (Å²) >= 11 is 3.53. The highest BCUT2D eigenvalue weighted by molar-refractivity contribution is 9.10. The molecule has 2 amide bonds. The van der Waals surface area contributed by atoms with E-state index in [1.165, 1.54) is 6.21 Å². The molecule has 0 atom stereocenters. The summed E-state index contributed by atoms with van der Waals surface area (Å²) in [7, 11) is 1.60. The number of amides is 2. The number of carbonyl (C=O) groups is 1. The summed E-state index contributed by atoms with van der Waals surface area (Å²) in [6, 6.07) is 19.7. The molecule has 8 nitrogen and oxygen atoms in total. The number of hydrogen-bond donors (Lipinski definition) is 2. The Morgan fingerprint density at radius 3 is 2.38 bits per heavy atom. The number of ether oxygens (including phenoxy) is 4. The van der Waals surface area contributed by atoms with Crippen molar-refractivity contribution in [1.82, 2.24) is 5.43 Å². The van der Waals surface area contributed by atoms with Crippen molar-refractivity contribution in [1.29, 1.82) is 0 Å². The number of urea groups is 1. The Morgan fingerprint density at radius 2 is 1.65 bits per heavy atom. The molecular weight excluding hydrogens is 502 g/mol. The van der Waals surface area contributed by atoms with Gasteiger partial charge >= 0.3 is 6.03 Å². The van der Waals surface area contributed by atoms with Crippen LogP contribution < -0.4 is 29.7 Å². The van der Waals surface area contributed by atoms with Crippen molar-refractivity contribution in [3.63, 3.8) is 0 Å². The van der Waals surface area contributed by atoms with Gasteiger partial charge in [0.2, 0.25) is 0 Å². The summed E-state index contributed by atoms with van der Waals surface area (Å²) in [4.78, 5) is 12.0. The number of anilines is 1. The minimum atomic E-state index is -0.443. The van der Waals surface area contributed by atoms with Gasteiger partial charge in [-0.05, 0) is 64.8 Å². The molecule has 3 aromatic carbocycles. The standard InChI is InChI=1S/C25H26BrN3O5/c1-3-32-23-16-18(17-27-29-25(30)28-19-9-5-4-6-10-19)15-20(26)24(23)34-14-13-33-22-12-8-7-11-21(22)31-2/h4-12,15-17H,3,13-14H2,1-2H3,(H2,28,29,30)/b27-17-. The monoisotopic (exact) mass is 527 g/mol. The van der Waals surface area contributed by atoms with Gasteiger partial charge in [-0.1, -0.05) is 30.3 Å². The maximum absolute atomic E-state index is 12.0. The second-order valence-corrected chi connectivity index (χ2v) is 7.66. The molecule has 34 heavy (non-hydrogen) atoms. The molecule has 0 saturated carbocycles. The van der Waals surface area contributed by atoms with Gasteiger partial charge in [-0.15, -0.1) is 0 Å². The molecule has 0 radical (unpaired) electrons. The van der Waals surface area contributed by atoms with Crippen molar-refractivity contribution in [3.8, 4) is 23.0 Å². The normalized spacial score (nSPS) is 10.6. The number of benzene rings is 3. The quantitative estimate of drug-likeness (QED) is 0.196. The highest BCUT2D eigenvalue weighted by Crippen LogP contribution is 2.36. The third kappa shape index (κ3) is 7.41. The van der Waals surface area contributed by atoms with Crippen LogP contribution in [0, 0.1) is 0 Å². The lowest BCUT2D eigenvalue weighted by molar-refractivity contribution is 0.202. The smallest absolute Gasteiger partial charge is 0.339 e. The summed E-state index contributed by atoms with van der Waals surface area (Å²) < 4.78 is 23.4. The average Bonchev–Trinajstić information content (AvgIpc) is 2.84. The van der Waals surface area contributed by atoms with E-state index in [4.69, 9.17) is 18.9 Å². The summed E-state index contributed by atoms with van der Waals surface area (Å²) in [6.07, 6.45) is 1.52. The summed E-state index contributed by atoms with van der Waals surface area (Å²) in [5.41, 5.74) is 3.83. The number of methoxy groups -OCH3 is 1. The van der Waals surface area contributed by atoms with Gasteiger partial charge in [0.05, 0.1) is 24.4 Å². The van der Waals surface area contributed by atoms with E-state index >= 15 is 0 Å². The summed E-state index contributed by atoms with van der Waals surface area (Å²) in [5, 5.41) is 6.69. The molecule has 0 bridgehead atoms. The number of nitrogens with one attached hydrogen (secondary N) is 2. The Kier molecular flexibility index (Phi) is 9.60. The Balaban J connectivity index is 1.58. The molecule has 0 aliphatic rings. The van der Waals surface area contributed by atoms with Crippen LogP contribution >= 0.6 is 15.9 Å². The van der Waals surface area contributed by atoms with Crippen molar-refractivity contribution >= 4 is 33.9 Å².